The van der Waals surface area contributed by atoms with E-state index in [9.17, 15) is 14.5 Å². The van der Waals surface area contributed by atoms with Crippen molar-refractivity contribution in [2.75, 3.05) is 10.9 Å². The van der Waals surface area contributed by atoms with Crippen molar-refractivity contribution in [3.05, 3.63) is 64.6 Å². The normalized spacial score (nSPS) is 9.71. The maximum absolute atomic E-state index is 11.0. The van der Waals surface area contributed by atoms with Crippen LogP contribution in [0.4, 0.5) is 11.4 Å². The van der Waals surface area contributed by atoms with Gasteiger partial charge in [-0.3, -0.25) is 4.79 Å². The average Bonchev–Trinajstić information content (AvgIpc) is 2.53. The molecule has 106 valence electrons. The van der Waals surface area contributed by atoms with Gasteiger partial charge in [0.2, 0.25) is 0 Å². The SMILES string of the molecule is O=NC(=O)c1ccc(NNc2cccc(C(=O)O)c2)cc1. The van der Waals surface area contributed by atoms with Crippen molar-refractivity contribution in [2.45, 2.75) is 0 Å². The Labute approximate surface area is 119 Å². The molecule has 0 aliphatic rings. The number of rotatable bonds is 5. The zero-order valence-corrected chi connectivity index (χ0v) is 10.7. The Bertz CT molecular complexity index is 683. The van der Waals surface area contributed by atoms with Gasteiger partial charge in [-0.1, -0.05) is 6.07 Å². The minimum absolute atomic E-state index is 0.166. The van der Waals surface area contributed by atoms with Crippen molar-refractivity contribution < 1.29 is 14.7 Å². The lowest BCUT2D eigenvalue weighted by Gasteiger charge is -2.10. The minimum Gasteiger partial charge on any atom is -0.478 e. The van der Waals surface area contributed by atoms with Gasteiger partial charge in [0.15, 0.2) is 0 Å². The molecule has 2 rings (SSSR count). The lowest BCUT2D eigenvalue weighted by Crippen LogP contribution is -2.09. The fraction of sp³-hybridized carbons (Fsp3) is 0. The number of anilines is 2. The van der Waals surface area contributed by atoms with Crippen LogP contribution in [-0.4, -0.2) is 17.0 Å². The van der Waals surface area contributed by atoms with Crippen LogP contribution >= 0.6 is 0 Å². The fourth-order valence-corrected chi connectivity index (χ4v) is 1.62. The van der Waals surface area contributed by atoms with Crippen molar-refractivity contribution in [3.63, 3.8) is 0 Å². The molecule has 0 aromatic heterocycles. The van der Waals surface area contributed by atoms with Crippen LogP contribution in [0.2, 0.25) is 0 Å². The first-order chi connectivity index (χ1) is 10.1. The van der Waals surface area contributed by atoms with E-state index < -0.39 is 11.9 Å². The fourth-order valence-electron chi connectivity index (χ4n) is 1.62. The van der Waals surface area contributed by atoms with Crippen molar-refractivity contribution in [3.8, 4) is 0 Å². The summed E-state index contributed by atoms with van der Waals surface area (Å²) in [6.07, 6.45) is 0. The van der Waals surface area contributed by atoms with Gasteiger partial charge in [0.1, 0.15) is 0 Å². The highest BCUT2D eigenvalue weighted by Gasteiger charge is 2.05. The topological polar surface area (TPSA) is 108 Å². The third-order valence-corrected chi connectivity index (χ3v) is 2.68. The molecule has 21 heavy (non-hydrogen) atoms. The van der Waals surface area contributed by atoms with Crippen LogP contribution in [0.25, 0.3) is 0 Å². The summed E-state index contributed by atoms with van der Waals surface area (Å²) in [5, 5.41) is 11.2. The summed E-state index contributed by atoms with van der Waals surface area (Å²) in [6.45, 7) is 0. The summed E-state index contributed by atoms with van der Waals surface area (Å²) < 4.78 is 0. The number of hydrazine groups is 1. The number of benzene rings is 2. The molecule has 0 bridgehead atoms. The third kappa shape index (κ3) is 3.63. The number of carbonyl (C=O) groups excluding carboxylic acids is 1. The number of nitrogens with one attached hydrogen (secondary N) is 2. The van der Waals surface area contributed by atoms with Gasteiger partial charge in [-0.15, -0.1) is 4.91 Å². The van der Waals surface area contributed by atoms with E-state index in [1.807, 2.05) is 0 Å². The molecule has 3 N–H and O–H groups in total. The summed E-state index contributed by atoms with van der Waals surface area (Å²) in [7, 11) is 0. The Morgan fingerprint density at radius 2 is 1.57 bits per heavy atom. The number of hydrogen-bond acceptors (Lipinski definition) is 5. The number of carboxylic acid groups (broad SMARTS) is 1. The summed E-state index contributed by atoms with van der Waals surface area (Å²) in [4.78, 5) is 32.0. The quantitative estimate of drug-likeness (QED) is 0.576. The lowest BCUT2D eigenvalue weighted by atomic mass is 10.2. The molecule has 0 unspecified atom stereocenters. The van der Waals surface area contributed by atoms with E-state index in [2.05, 4.69) is 16.0 Å². The molecule has 0 heterocycles. The number of hydrogen-bond donors (Lipinski definition) is 3. The molecular weight excluding hydrogens is 274 g/mol. The number of carboxylic acids is 1. The first-order valence-corrected chi connectivity index (χ1v) is 5.93. The van der Waals surface area contributed by atoms with Gasteiger partial charge >= 0.3 is 11.9 Å². The van der Waals surface area contributed by atoms with Crippen molar-refractivity contribution >= 4 is 23.3 Å². The van der Waals surface area contributed by atoms with Gasteiger partial charge in [-0.2, -0.15) is 0 Å². The second-order valence-electron chi connectivity index (χ2n) is 4.11. The Morgan fingerprint density at radius 3 is 2.19 bits per heavy atom. The van der Waals surface area contributed by atoms with E-state index >= 15 is 0 Å². The number of nitrogens with zero attached hydrogens (tertiary/aromatic N) is 1. The number of amides is 1. The average molecular weight is 285 g/mol. The summed E-state index contributed by atoms with van der Waals surface area (Å²) in [5.41, 5.74) is 7.26. The van der Waals surface area contributed by atoms with Crippen LogP contribution in [0.1, 0.15) is 20.7 Å². The van der Waals surface area contributed by atoms with Gasteiger partial charge in [0.25, 0.3) is 0 Å². The minimum atomic E-state index is -1.01. The smallest absolute Gasteiger partial charge is 0.335 e. The van der Waals surface area contributed by atoms with Crippen molar-refractivity contribution in [1.29, 1.82) is 0 Å². The lowest BCUT2D eigenvalue weighted by molar-refractivity contribution is 0.0696. The number of carbonyl (C=O) groups is 2. The van der Waals surface area contributed by atoms with Crippen LogP contribution in [0, 0.1) is 4.91 Å². The monoisotopic (exact) mass is 285 g/mol. The van der Waals surface area contributed by atoms with Crippen LogP contribution in [0.3, 0.4) is 0 Å². The van der Waals surface area contributed by atoms with E-state index in [4.69, 9.17) is 5.11 Å². The summed E-state index contributed by atoms with van der Waals surface area (Å²) in [5.74, 6) is -1.84. The predicted molar refractivity (Wildman–Crippen MR) is 77.2 cm³/mol. The molecule has 0 saturated carbocycles. The highest BCUT2D eigenvalue weighted by molar-refractivity contribution is 5.95. The Kier molecular flexibility index (Phi) is 4.25. The molecular formula is C14H11N3O4. The first-order valence-electron chi connectivity index (χ1n) is 5.93. The largest absolute Gasteiger partial charge is 0.478 e. The molecule has 0 fully saturated rings. The second-order valence-corrected chi connectivity index (χ2v) is 4.11. The number of aromatic carboxylic acids is 1. The standard InChI is InChI=1S/C14H11N3O4/c18-13(17-21)9-4-6-11(7-5-9)15-16-12-3-1-2-10(8-12)14(19)20/h1-8,15-16H,(H,19,20). The predicted octanol–water partition coefficient (Wildman–Crippen LogP) is 2.73. The summed E-state index contributed by atoms with van der Waals surface area (Å²) >= 11 is 0. The molecule has 2 aromatic carbocycles. The van der Waals surface area contributed by atoms with Crippen LogP contribution in [0.15, 0.2) is 53.7 Å². The van der Waals surface area contributed by atoms with Gasteiger partial charge < -0.3 is 16.0 Å². The molecule has 0 aliphatic heterocycles. The number of nitroso groups, excluding NO2 is 1. The summed E-state index contributed by atoms with van der Waals surface area (Å²) in [6, 6.07) is 12.4. The molecule has 0 aliphatic carbocycles. The molecule has 7 nitrogen and oxygen atoms in total. The zero-order valence-electron chi connectivity index (χ0n) is 10.7. The zero-order chi connectivity index (χ0) is 15.2. The van der Waals surface area contributed by atoms with E-state index in [1.165, 1.54) is 24.3 Å². The molecule has 7 heteroatoms. The van der Waals surface area contributed by atoms with Gasteiger partial charge in [-0.25, -0.2) is 4.79 Å². The van der Waals surface area contributed by atoms with Crippen LogP contribution in [-0.2, 0) is 0 Å². The molecule has 0 radical (unpaired) electrons. The third-order valence-electron chi connectivity index (χ3n) is 2.68. The van der Waals surface area contributed by atoms with Gasteiger partial charge in [0, 0.05) is 10.7 Å². The van der Waals surface area contributed by atoms with E-state index in [0.717, 1.165) is 0 Å². The van der Waals surface area contributed by atoms with Crippen LogP contribution < -0.4 is 10.9 Å². The van der Waals surface area contributed by atoms with Crippen molar-refractivity contribution in [2.24, 2.45) is 5.18 Å². The highest BCUT2D eigenvalue weighted by Crippen LogP contribution is 2.14. The van der Waals surface area contributed by atoms with Crippen molar-refractivity contribution in [1.82, 2.24) is 0 Å². The van der Waals surface area contributed by atoms with E-state index in [1.54, 1.807) is 24.3 Å². The highest BCUT2D eigenvalue weighted by atomic mass is 16.4. The maximum atomic E-state index is 11.0. The second kappa shape index (κ2) is 6.29. The first kappa shape index (κ1) is 14.2. The van der Waals surface area contributed by atoms with Gasteiger partial charge in [0.05, 0.1) is 16.9 Å². The molecule has 2 aromatic rings. The Hall–Kier alpha value is -3.22. The van der Waals surface area contributed by atoms with E-state index in [0.29, 0.717) is 11.4 Å². The Morgan fingerprint density at radius 1 is 0.905 bits per heavy atom. The molecule has 0 spiro atoms. The van der Waals surface area contributed by atoms with Gasteiger partial charge in [-0.05, 0) is 42.5 Å². The Balaban J connectivity index is 2.03. The molecule has 0 saturated heterocycles. The van der Waals surface area contributed by atoms with Crippen LogP contribution in [0.5, 0.6) is 0 Å². The molecule has 0 atom stereocenters. The molecule has 1 amide bonds. The van der Waals surface area contributed by atoms with E-state index in [-0.39, 0.29) is 11.1 Å². The maximum Gasteiger partial charge on any atom is 0.335 e.